The van der Waals surface area contributed by atoms with Crippen LogP contribution in [-0.2, 0) is 13.6 Å². The van der Waals surface area contributed by atoms with Crippen LogP contribution in [0.1, 0.15) is 56.0 Å². The summed E-state index contributed by atoms with van der Waals surface area (Å²) in [4.78, 5) is 4.50. The van der Waals surface area contributed by atoms with Gasteiger partial charge in [0.1, 0.15) is 11.6 Å². The highest BCUT2D eigenvalue weighted by atomic mass is 32.1. The van der Waals surface area contributed by atoms with Crippen LogP contribution >= 0.6 is 11.5 Å². The summed E-state index contributed by atoms with van der Waals surface area (Å²) in [5.74, 6) is 3.91. The first kappa shape index (κ1) is 12.5. The minimum Gasteiger partial charge on any atom is -0.353 e. The molecule has 6 nitrogen and oxygen atoms in total. The summed E-state index contributed by atoms with van der Waals surface area (Å²) in [5.41, 5.74) is 0. The fourth-order valence-corrected chi connectivity index (χ4v) is 2.64. The summed E-state index contributed by atoms with van der Waals surface area (Å²) in [7, 11) is 2.00. The lowest BCUT2D eigenvalue weighted by Gasteiger charge is -2.06. The van der Waals surface area contributed by atoms with E-state index in [9.17, 15) is 0 Å². The highest BCUT2D eigenvalue weighted by Gasteiger charge is 2.27. The molecule has 19 heavy (non-hydrogen) atoms. The van der Waals surface area contributed by atoms with Gasteiger partial charge in [-0.3, -0.25) is 0 Å². The van der Waals surface area contributed by atoms with E-state index in [0.29, 0.717) is 18.4 Å². The van der Waals surface area contributed by atoms with Crippen molar-refractivity contribution in [1.82, 2.24) is 24.1 Å². The highest BCUT2D eigenvalue weighted by molar-refractivity contribution is 7.09. The largest absolute Gasteiger partial charge is 0.353 e. The van der Waals surface area contributed by atoms with Crippen molar-refractivity contribution in [2.75, 3.05) is 5.32 Å². The first-order valence-corrected chi connectivity index (χ1v) is 7.38. The average molecular weight is 278 g/mol. The second kappa shape index (κ2) is 4.88. The minimum atomic E-state index is 0.384. The summed E-state index contributed by atoms with van der Waals surface area (Å²) in [6, 6.07) is 0. The van der Waals surface area contributed by atoms with Gasteiger partial charge in [-0.25, -0.2) is 4.98 Å². The quantitative estimate of drug-likeness (QED) is 0.908. The lowest BCUT2D eigenvalue weighted by molar-refractivity contribution is 0.692. The summed E-state index contributed by atoms with van der Waals surface area (Å²) in [6.07, 6.45) is 2.47. The third-order valence-electron chi connectivity index (χ3n) is 3.30. The van der Waals surface area contributed by atoms with Gasteiger partial charge in [-0.1, -0.05) is 13.8 Å². The molecule has 1 N–H and O–H groups in total. The van der Waals surface area contributed by atoms with Gasteiger partial charge in [0.2, 0.25) is 5.13 Å². The maximum Gasteiger partial charge on any atom is 0.202 e. The van der Waals surface area contributed by atoms with Gasteiger partial charge in [0.15, 0.2) is 5.82 Å². The van der Waals surface area contributed by atoms with Crippen molar-refractivity contribution in [3.05, 3.63) is 17.5 Å². The molecule has 0 amide bonds. The molecule has 2 heterocycles. The molecule has 0 unspecified atom stereocenters. The Morgan fingerprint density at radius 2 is 2.16 bits per heavy atom. The zero-order valence-electron chi connectivity index (χ0n) is 11.4. The number of rotatable bonds is 5. The molecule has 0 bridgehead atoms. The third-order valence-corrected chi connectivity index (χ3v) is 3.98. The zero-order valence-corrected chi connectivity index (χ0v) is 12.2. The molecule has 3 rings (SSSR count). The molecule has 2 aromatic heterocycles. The van der Waals surface area contributed by atoms with Gasteiger partial charge < -0.3 is 9.88 Å². The molecular formula is C12H18N6S. The normalized spacial score (nSPS) is 15.2. The number of hydrogen-bond donors (Lipinski definition) is 1. The van der Waals surface area contributed by atoms with Gasteiger partial charge in [0.05, 0.1) is 6.54 Å². The average Bonchev–Trinajstić information content (AvgIpc) is 3.00. The van der Waals surface area contributed by atoms with E-state index in [-0.39, 0.29) is 0 Å². The number of nitrogens with one attached hydrogen (secondary N) is 1. The van der Waals surface area contributed by atoms with Crippen molar-refractivity contribution >= 4 is 16.7 Å². The Bertz CT molecular complexity index is 569. The highest BCUT2D eigenvalue weighted by Crippen LogP contribution is 2.39. The van der Waals surface area contributed by atoms with E-state index in [0.717, 1.165) is 22.6 Å². The maximum atomic E-state index is 4.50. The monoisotopic (exact) mass is 278 g/mol. The number of hydrogen-bond acceptors (Lipinski definition) is 6. The predicted molar refractivity (Wildman–Crippen MR) is 74.3 cm³/mol. The molecule has 0 atom stereocenters. The Balaban J connectivity index is 1.64. The molecule has 1 saturated carbocycles. The maximum absolute atomic E-state index is 4.50. The van der Waals surface area contributed by atoms with E-state index in [1.165, 1.54) is 24.4 Å². The molecule has 1 aliphatic carbocycles. The third kappa shape index (κ3) is 2.60. The second-order valence-electron chi connectivity index (χ2n) is 5.27. The topological polar surface area (TPSA) is 68.5 Å². The molecule has 7 heteroatoms. The van der Waals surface area contributed by atoms with E-state index < -0.39 is 0 Å². The lowest BCUT2D eigenvalue weighted by Crippen LogP contribution is -2.08. The van der Waals surface area contributed by atoms with Gasteiger partial charge in [-0.2, -0.15) is 4.37 Å². The first-order chi connectivity index (χ1) is 9.15. The van der Waals surface area contributed by atoms with Crippen LogP contribution < -0.4 is 5.32 Å². The summed E-state index contributed by atoms with van der Waals surface area (Å²) in [5, 5.41) is 12.6. The fourth-order valence-electron chi connectivity index (χ4n) is 2.00. The Morgan fingerprint density at radius 3 is 2.79 bits per heavy atom. The van der Waals surface area contributed by atoms with E-state index in [1.807, 2.05) is 11.6 Å². The van der Waals surface area contributed by atoms with E-state index in [4.69, 9.17) is 0 Å². The molecular weight excluding hydrogens is 260 g/mol. The van der Waals surface area contributed by atoms with E-state index >= 15 is 0 Å². The van der Waals surface area contributed by atoms with Gasteiger partial charge in [-0.15, -0.1) is 10.2 Å². The lowest BCUT2D eigenvalue weighted by atomic mass is 10.2. The summed E-state index contributed by atoms with van der Waals surface area (Å²) >= 11 is 1.43. The van der Waals surface area contributed by atoms with Gasteiger partial charge in [-0.05, 0) is 12.8 Å². The first-order valence-electron chi connectivity index (χ1n) is 6.60. The van der Waals surface area contributed by atoms with Crippen LogP contribution in [0.4, 0.5) is 5.13 Å². The predicted octanol–water partition coefficient (Wildman–Crippen LogP) is 2.28. The van der Waals surface area contributed by atoms with Crippen LogP contribution in [0.25, 0.3) is 0 Å². The van der Waals surface area contributed by atoms with Crippen molar-refractivity contribution < 1.29 is 0 Å². The molecule has 0 aromatic carbocycles. The van der Waals surface area contributed by atoms with E-state index in [2.05, 4.69) is 38.7 Å². The van der Waals surface area contributed by atoms with Crippen molar-refractivity contribution in [1.29, 1.82) is 0 Å². The van der Waals surface area contributed by atoms with Gasteiger partial charge >= 0.3 is 0 Å². The Morgan fingerprint density at radius 1 is 1.37 bits per heavy atom. The van der Waals surface area contributed by atoms with Gasteiger partial charge in [0, 0.05) is 30.4 Å². The Hall–Kier alpha value is -1.50. The van der Waals surface area contributed by atoms with Crippen molar-refractivity contribution in [2.24, 2.45) is 7.05 Å². The fraction of sp³-hybridized carbons (Fsp3) is 0.667. The number of aromatic nitrogens is 5. The van der Waals surface area contributed by atoms with Crippen LogP contribution in [0.3, 0.4) is 0 Å². The van der Waals surface area contributed by atoms with Crippen LogP contribution in [-0.4, -0.2) is 24.1 Å². The van der Waals surface area contributed by atoms with Crippen LogP contribution in [0.15, 0.2) is 0 Å². The molecule has 102 valence electrons. The molecule has 1 aliphatic rings. The van der Waals surface area contributed by atoms with Crippen LogP contribution in [0, 0.1) is 0 Å². The molecule has 0 radical (unpaired) electrons. The van der Waals surface area contributed by atoms with Gasteiger partial charge in [0.25, 0.3) is 0 Å². The molecule has 1 fully saturated rings. The van der Waals surface area contributed by atoms with Crippen molar-refractivity contribution in [3.63, 3.8) is 0 Å². The standard InChI is InChI=1S/C12H18N6S/c1-7(2)11-16-15-9(18(11)3)6-13-12-14-10(17-19-12)8-4-5-8/h7-8H,4-6H2,1-3H3,(H,13,14,17). The molecule has 0 aliphatic heterocycles. The molecule has 2 aromatic rings. The zero-order chi connectivity index (χ0) is 13.4. The smallest absolute Gasteiger partial charge is 0.202 e. The molecule has 0 spiro atoms. The second-order valence-corrected chi connectivity index (χ2v) is 6.03. The van der Waals surface area contributed by atoms with Crippen LogP contribution in [0.2, 0.25) is 0 Å². The van der Waals surface area contributed by atoms with E-state index in [1.54, 1.807) is 0 Å². The van der Waals surface area contributed by atoms with Crippen LogP contribution in [0.5, 0.6) is 0 Å². The number of anilines is 1. The van der Waals surface area contributed by atoms with Crippen molar-refractivity contribution in [2.45, 2.75) is 45.1 Å². The SMILES string of the molecule is CC(C)c1nnc(CNc2nc(C3CC3)ns2)n1C. The van der Waals surface area contributed by atoms with Crippen molar-refractivity contribution in [3.8, 4) is 0 Å². The number of nitrogens with zero attached hydrogens (tertiary/aromatic N) is 5. The Kier molecular flexibility index (Phi) is 3.22. The summed E-state index contributed by atoms with van der Waals surface area (Å²) in [6.45, 7) is 4.87. The summed E-state index contributed by atoms with van der Waals surface area (Å²) < 4.78 is 6.41. The Labute approximate surface area is 116 Å². The molecule has 0 saturated heterocycles. The minimum absolute atomic E-state index is 0.384.